The second-order valence-electron chi connectivity index (χ2n) is 4.69. The van der Waals surface area contributed by atoms with Gasteiger partial charge in [-0.3, -0.25) is 4.79 Å². The number of nitrogens with one attached hydrogen (secondary N) is 2. The van der Waals surface area contributed by atoms with E-state index in [1.807, 2.05) is 12.1 Å². The fourth-order valence-corrected chi connectivity index (χ4v) is 1.53. The lowest BCUT2D eigenvalue weighted by molar-refractivity contribution is -0.121. The first-order valence-corrected chi connectivity index (χ1v) is 6.78. The van der Waals surface area contributed by atoms with Crippen molar-refractivity contribution in [3.05, 3.63) is 24.2 Å². The molecule has 1 heterocycles. The normalized spacial score (nSPS) is 10.9. The first kappa shape index (κ1) is 15.7. The first-order valence-electron chi connectivity index (χ1n) is 6.78. The molecule has 0 bridgehead atoms. The average molecular weight is 268 g/mol. The summed E-state index contributed by atoms with van der Waals surface area (Å²) >= 11 is 0. The van der Waals surface area contributed by atoms with Crippen LogP contribution in [0.15, 0.2) is 22.8 Å². The van der Waals surface area contributed by atoms with Gasteiger partial charge in [-0.15, -0.1) is 0 Å². The maximum Gasteiger partial charge on any atom is 0.221 e. The second-order valence-corrected chi connectivity index (χ2v) is 4.69. The Morgan fingerprint density at radius 1 is 1.42 bits per heavy atom. The van der Waals surface area contributed by atoms with Crippen molar-refractivity contribution in [3.63, 3.8) is 0 Å². The fraction of sp³-hybridized carbons (Fsp3) is 0.643. The highest BCUT2D eigenvalue weighted by molar-refractivity contribution is 5.75. The molecule has 0 aromatic carbocycles. The van der Waals surface area contributed by atoms with Gasteiger partial charge in [-0.2, -0.15) is 0 Å². The molecule has 2 N–H and O–H groups in total. The van der Waals surface area contributed by atoms with Crippen LogP contribution in [0.4, 0.5) is 0 Å². The van der Waals surface area contributed by atoms with Gasteiger partial charge in [0.25, 0.3) is 0 Å². The van der Waals surface area contributed by atoms with E-state index in [4.69, 9.17) is 9.15 Å². The number of carbonyl (C=O) groups excluding carboxylic acids is 1. The number of amides is 1. The minimum Gasteiger partial charge on any atom is -0.467 e. The van der Waals surface area contributed by atoms with Gasteiger partial charge in [-0.1, -0.05) is 13.8 Å². The van der Waals surface area contributed by atoms with Crippen molar-refractivity contribution in [2.45, 2.75) is 39.3 Å². The van der Waals surface area contributed by atoms with Crippen molar-refractivity contribution in [3.8, 4) is 0 Å². The van der Waals surface area contributed by atoms with Crippen molar-refractivity contribution in [2.24, 2.45) is 0 Å². The topological polar surface area (TPSA) is 63.5 Å². The van der Waals surface area contributed by atoms with Crippen LogP contribution in [0.2, 0.25) is 0 Å². The van der Waals surface area contributed by atoms with Crippen LogP contribution in [-0.2, 0) is 16.1 Å². The fourth-order valence-electron chi connectivity index (χ4n) is 1.53. The zero-order chi connectivity index (χ0) is 13.9. The number of carbonyl (C=O) groups is 1. The molecule has 0 saturated heterocycles. The highest BCUT2D eigenvalue weighted by Crippen LogP contribution is 2.01. The molecule has 0 spiro atoms. The van der Waals surface area contributed by atoms with E-state index in [0.29, 0.717) is 32.2 Å². The summed E-state index contributed by atoms with van der Waals surface area (Å²) in [6.45, 7) is 6.60. The van der Waals surface area contributed by atoms with Crippen LogP contribution in [0.5, 0.6) is 0 Å². The Kier molecular flexibility index (Phi) is 7.93. The van der Waals surface area contributed by atoms with Crippen LogP contribution in [0.1, 0.15) is 32.4 Å². The van der Waals surface area contributed by atoms with E-state index in [2.05, 4.69) is 24.5 Å². The zero-order valence-corrected chi connectivity index (χ0v) is 11.8. The minimum absolute atomic E-state index is 0.0826. The molecule has 0 saturated carbocycles. The molecule has 0 atom stereocenters. The highest BCUT2D eigenvalue weighted by atomic mass is 16.5. The Morgan fingerprint density at radius 2 is 2.26 bits per heavy atom. The summed E-state index contributed by atoms with van der Waals surface area (Å²) in [5, 5.41) is 6.07. The Labute approximate surface area is 114 Å². The Balaban J connectivity index is 1.88. The van der Waals surface area contributed by atoms with E-state index < -0.39 is 0 Å². The monoisotopic (exact) mass is 268 g/mol. The molecule has 1 aromatic heterocycles. The SMILES string of the molecule is CC(C)NCCC(=O)NCCCOCc1ccco1. The summed E-state index contributed by atoms with van der Waals surface area (Å²) in [5.74, 6) is 0.906. The van der Waals surface area contributed by atoms with Gasteiger partial charge in [-0.25, -0.2) is 0 Å². The van der Waals surface area contributed by atoms with Crippen molar-refractivity contribution in [1.29, 1.82) is 0 Å². The summed E-state index contributed by atoms with van der Waals surface area (Å²) in [7, 11) is 0. The van der Waals surface area contributed by atoms with Gasteiger partial charge in [0.2, 0.25) is 5.91 Å². The molecule has 0 aliphatic rings. The lowest BCUT2D eigenvalue weighted by atomic mass is 10.3. The lowest BCUT2D eigenvalue weighted by Gasteiger charge is -2.08. The van der Waals surface area contributed by atoms with Crippen molar-refractivity contribution >= 4 is 5.91 Å². The third-order valence-electron chi connectivity index (χ3n) is 2.52. The Hall–Kier alpha value is -1.33. The van der Waals surface area contributed by atoms with Crippen LogP contribution in [0.25, 0.3) is 0 Å². The molecule has 5 heteroatoms. The number of hydrogen-bond acceptors (Lipinski definition) is 4. The average Bonchev–Trinajstić information content (AvgIpc) is 2.86. The van der Waals surface area contributed by atoms with Gasteiger partial charge in [0, 0.05) is 32.2 Å². The molecule has 0 aliphatic heterocycles. The van der Waals surface area contributed by atoms with Gasteiger partial charge in [0.1, 0.15) is 12.4 Å². The number of furan rings is 1. The van der Waals surface area contributed by atoms with Gasteiger partial charge < -0.3 is 19.8 Å². The van der Waals surface area contributed by atoms with E-state index in [9.17, 15) is 4.79 Å². The number of ether oxygens (including phenoxy) is 1. The zero-order valence-electron chi connectivity index (χ0n) is 11.8. The van der Waals surface area contributed by atoms with Crippen LogP contribution in [0.3, 0.4) is 0 Å². The van der Waals surface area contributed by atoms with Crippen molar-refractivity contribution < 1.29 is 13.9 Å². The summed E-state index contributed by atoms with van der Waals surface area (Å²) in [5.41, 5.74) is 0. The molecule has 1 rings (SSSR count). The Bertz CT molecular complexity index is 336. The number of rotatable bonds is 10. The number of hydrogen-bond donors (Lipinski definition) is 2. The molecule has 19 heavy (non-hydrogen) atoms. The predicted octanol–water partition coefficient (Wildman–Crippen LogP) is 1.69. The molecule has 0 radical (unpaired) electrons. The first-order chi connectivity index (χ1) is 9.18. The van der Waals surface area contributed by atoms with Crippen molar-refractivity contribution in [1.82, 2.24) is 10.6 Å². The predicted molar refractivity (Wildman–Crippen MR) is 73.7 cm³/mol. The smallest absolute Gasteiger partial charge is 0.221 e. The molecule has 108 valence electrons. The minimum atomic E-state index is 0.0826. The standard InChI is InChI=1S/C14H24N2O3/c1-12(2)15-8-6-14(17)16-7-4-9-18-11-13-5-3-10-19-13/h3,5,10,12,15H,4,6-9,11H2,1-2H3,(H,16,17). The van der Waals surface area contributed by atoms with Gasteiger partial charge in [0.05, 0.1) is 6.26 Å². The van der Waals surface area contributed by atoms with Crippen LogP contribution < -0.4 is 10.6 Å². The molecular formula is C14H24N2O3. The van der Waals surface area contributed by atoms with E-state index in [-0.39, 0.29) is 5.91 Å². The third-order valence-corrected chi connectivity index (χ3v) is 2.52. The van der Waals surface area contributed by atoms with Crippen LogP contribution in [0, 0.1) is 0 Å². The molecule has 0 aliphatic carbocycles. The molecule has 5 nitrogen and oxygen atoms in total. The summed E-state index contributed by atoms with van der Waals surface area (Å²) in [4.78, 5) is 11.4. The van der Waals surface area contributed by atoms with Gasteiger partial charge >= 0.3 is 0 Å². The van der Waals surface area contributed by atoms with E-state index >= 15 is 0 Å². The van der Waals surface area contributed by atoms with Crippen molar-refractivity contribution in [2.75, 3.05) is 19.7 Å². The van der Waals surface area contributed by atoms with E-state index in [0.717, 1.165) is 18.7 Å². The summed E-state index contributed by atoms with van der Waals surface area (Å²) in [6.07, 6.45) is 2.96. The highest BCUT2D eigenvalue weighted by Gasteiger charge is 2.01. The second kappa shape index (κ2) is 9.58. The molecular weight excluding hydrogens is 244 g/mol. The lowest BCUT2D eigenvalue weighted by Crippen LogP contribution is -2.31. The molecule has 0 unspecified atom stereocenters. The Morgan fingerprint density at radius 3 is 2.95 bits per heavy atom. The maximum absolute atomic E-state index is 11.4. The van der Waals surface area contributed by atoms with Crippen LogP contribution >= 0.6 is 0 Å². The van der Waals surface area contributed by atoms with E-state index in [1.165, 1.54) is 0 Å². The third kappa shape index (κ3) is 8.40. The quantitative estimate of drug-likeness (QED) is 0.634. The molecule has 1 aromatic rings. The van der Waals surface area contributed by atoms with Crippen LogP contribution in [-0.4, -0.2) is 31.6 Å². The van der Waals surface area contributed by atoms with Gasteiger partial charge in [-0.05, 0) is 18.6 Å². The summed E-state index contributed by atoms with van der Waals surface area (Å²) in [6, 6.07) is 4.14. The molecule has 0 fully saturated rings. The maximum atomic E-state index is 11.4. The summed E-state index contributed by atoms with van der Waals surface area (Å²) < 4.78 is 10.6. The van der Waals surface area contributed by atoms with E-state index in [1.54, 1.807) is 6.26 Å². The largest absolute Gasteiger partial charge is 0.467 e. The van der Waals surface area contributed by atoms with Gasteiger partial charge in [0.15, 0.2) is 0 Å². The molecule has 1 amide bonds.